The zero-order chi connectivity index (χ0) is 19.8. The van der Waals surface area contributed by atoms with Crippen molar-refractivity contribution in [2.75, 3.05) is 17.9 Å². The highest BCUT2D eigenvalue weighted by atomic mass is 32.2. The van der Waals surface area contributed by atoms with Gasteiger partial charge in [-0.3, -0.25) is 9.82 Å². The minimum absolute atomic E-state index is 0.102. The van der Waals surface area contributed by atoms with E-state index in [0.29, 0.717) is 47.7 Å². The highest BCUT2D eigenvalue weighted by molar-refractivity contribution is 7.92. The molecule has 0 spiro atoms. The molecule has 8 nitrogen and oxygen atoms in total. The highest BCUT2D eigenvalue weighted by Crippen LogP contribution is 2.39. The summed E-state index contributed by atoms with van der Waals surface area (Å²) in [4.78, 5) is 4.64. The van der Waals surface area contributed by atoms with Crippen molar-refractivity contribution in [2.45, 2.75) is 30.1 Å². The Labute approximate surface area is 168 Å². The summed E-state index contributed by atoms with van der Waals surface area (Å²) in [5.41, 5.74) is 1.04. The van der Waals surface area contributed by atoms with Gasteiger partial charge in [-0.25, -0.2) is 13.4 Å². The lowest BCUT2D eigenvalue weighted by Crippen LogP contribution is -2.14. The minimum atomic E-state index is -3.84. The number of hydrogen-bond acceptors (Lipinski definition) is 6. The van der Waals surface area contributed by atoms with Crippen LogP contribution in [0.3, 0.4) is 0 Å². The number of anilines is 1. The first-order valence-corrected chi connectivity index (χ1v) is 11.0. The smallest absolute Gasteiger partial charge is 0.262 e. The fourth-order valence-electron chi connectivity index (χ4n) is 3.22. The van der Waals surface area contributed by atoms with Crippen LogP contribution in [0.5, 0.6) is 11.5 Å². The first-order chi connectivity index (χ1) is 14.1. The van der Waals surface area contributed by atoms with Gasteiger partial charge in [-0.05, 0) is 37.1 Å². The number of hydrogen-bond donors (Lipinski definition) is 2. The van der Waals surface area contributed by atoms with E-state index in [4.69, 9.17) is 9.47 Å². The lowest BCUT2D eigenvalue weighted by atomic mass is 10.2. The average Bonchev–Trinajstić information content (AvgIpc) is 3.50. The summed E-state index contributed by atoms with van der Waals surface area (Å²) in [5.74, 6) is 2.74. The third-order valence-electron chi connectivity index (χ3n) is 4.91. The van der Waals surface area contributed by atoms with Gasteiger partial charge in [0.05, 0.1) is 23.8 Å². The molecule has 29 heavy (non-hydrogen) atoms. The zero-order valence-electron chi connectivity index (χ0n) is 15.6. The Hall–Kier alpha value is -3.07. The van der Waals surface area contributed by atoms with Gasteiger partial charge in [-0.2, -0.15) is 5.10 Å². The maximum Gasteiger partial charge on any atom is 0.262 e. The number of nitrogens with one attached hydrogen (secondary N) is 2. The number of fused-ring (bicyclic) bond motifs is 1. The molecule has 1 saturated carbocycles. The van der Waals surface area contributed by atoms with Crippen LogP contribution >= 0.6 is 0 Å². The molecular formula is C20H20N4O4S. The van der Waals surface area contributed by atoms with E-state index in [1.807, 2.05) is 6.07 Å². The van der Waals surface area contributed by atoms with Gasteiger partial charge in [0.25, 0.3) is 10.0 Å². The Morgan fingerprint density at radius 2 is 1.83 bits per heavy atom. The largest absolute Gasteiger partial charge is 0.490 e. The van der Waals surface area contributed by atoms with Crippen molar-refractivity contribution < 1.29 is 17.9 Å². The molecule has 0 saturated heterocycles. The van der Waals surface area contributed by atoms with Crippen LogP contribution in [0.1, 0.15) is 31.0 Å². The molecule has 9 heteroatoms. The topological polar surface area (TPSA) is 106 Å². The first kappa shape index (κ1) is 18.0. The molecule has 3 aromatic rings. The van der Waals surface area contributed by atoms with Crippen LogP contribution in [-0.2, 0) is 10.0 Å². The molecule has 1 aliphatic heterocycles. The minimum Gasteiger partial charge on any atom is -0.490 e. The van der Waals surface area contributed by atoms with E-state index in [0.717, 1.165) is 25.1 Å². The zero-order valence-corrected chi connectivity index (χ0v) is 16.4. The van der Waals surface area contributed by atoms with Gasteiger partial charge in [0.1, 0.15) is 5.82 Å². The molecule has 2 N–H and O–H groups in total. The van der Waals surface area contributed by atoms with Crippen molar-refractivity contribution in [1.82, 2.24) is 15.2 Å². The van der Waals surface area contributed by atoms with Crippen molar-refractivity contribution in [2.24, 2.45) is 0 Å². The van der Waals surface area contributed by atoms with Gasteiger partial charge >= 0.3 is 0 Å². The van der Waals surface area contributed by atoms with Gasteiger partial charge in [0.2, 0.25) is 0 Å². The lowest BCUT2D eigenvalue weighted by molar-refractivity contribution is 0.297. The summed E-state index contributed by atoms with van der Waals surface area (Å²) in [6, 6.07) is 11.7. The van der Waals surface area contributed by atoms with Gasteiger partial charge in [-0.15, -0.1) is 0 Å². The number of nitrogens with zero attached hydrogens (tertiary/aromatic N) is 2. The van der Waals surface area contributed by atoms with Crippen molar-refractivity contribution in [3.63, 3.8) is 0 Å². The summed E-state index contributed by atoms with van der Waals surface area (Å²) >= 11 is 0. The van der Waals surface area contributed by atoms with E-state index >= 15 is 0 Å². The number of ether oxygens (including phenoxy) is 2. The fraction of sp³-hybridized carbons (Fsp3) is 0.300. The van der Waals surface area contributed by atoms with E-state index in [1.54, 1.807) is 24.3 Å². The number of H-pyrrole nitrogens is 1. The normalized spacial score (nSPS) is 16.3. The number of sulfonamides is 1. The van der Waals surface area contributed by atoms with Crippen LogP contribution in [0.25, 0.3) is 11.4 Å². The Morgan fingerprint density at radius 3 is 2.66 bits per heavy atom. The van der Waals surface area contributed by atoms with Crippen molar-refractivity contribution >= 4 is 15.7 Å². The van der Waals surface area contributed by atoms with Crippen LogP contribution in [0, 0.1) is 0 Å². The van der Waals surface area contributed by atoms with Crippen molar-refractivity contribution in [3.8, 4) is 22.9 Å². The fourth-order valence-corrected chi connectivity index (χ4v) is 4.31. The van der Waals surface area contributed by atoms with Gasteiger partial charge < -0.3 is 9.47 Å². The molecule has 150 valence electrons. The van der Waals surface area contributed by atoms with E-state index in [1.165, 1.54) is 12.1 Å². The van der Waals surface area contributed by atoms with Gasteiger partial charge in [-0.1, -0.05) is 12.1 Å². The first-order valence-electron chi connectivity index (χ1n) is 9.54. The molecule has 2 heterocycles. The molecule has 0 atom stereocenters. The molecule has 2 aliphatic rings. The van der Waals surface area contributed by atoms with Crippen LogP contribution in [0.2, 0.25) is 0 Å². The molecule has 1 fully saturated rings. The molecular weight excluding hydrogens is 392 g/mol. The van der Waals surface area contributed by atoms with E-state index < -0.39 is 10.0 Å². The maximum absolute atomic E-state index is 13.0. The number of benzene rings is 2. The highest BCUT2D eigenvalue weighted by Gasteiger charge is 2.28. The van der Waals surface area contributed by atoms with Crippen LogP contribution in [-0.4, -0.2) is 36.8 Å². The SMILES string of the molecule is O=S(=O)(Nc1ccccc1-c1n[nH]c(C2CC2)n1)c1ccc2c(c1)OCCCO2. The van der Waals surface area contributed by atoms with Crippen molar-refractivity contribution in [3.05, 3.63) is 48.3 Å². The molecule has 0 bridgehead atoms. The second-order valence-electron chi connectivity index (χ2n) is 7.13. The molecule has 2 aromatic carbocycles. The van der Waals surface area contributed by atoms with E-state index in [9.17, 15) is 8.42 Å². The molecule has 0 amide bonds. The summed E-state index contributed by atoms with van der Waals surface area (Å²) in [5, 5.41) is 7.23. The Kier molecular flexibility index (Phi) is 4.39. The Balaban J connectivity index is 1.46. The average molecular weight is 412 g/mol. The third-order valence-corrected chi connectivity index (χ3v) is 6.27. The molecule has 0 unspecified atom stereocenters. The second-order valence-corrected chi connectivity index (χ2v) is 8.81. The van der Waals surface area contributed by atoms with Crippen LogP contribution < -0.4 is 14.2 Å². The maximum atomic E-state index is 13.0. The molecule has 5 rings (SSSR count). The van der Waals surface area contributed by atoms with Crippen LogP contribution in [0.15, 0.2) is 47.4 Å². The predicted molar refractivity (Wildman–Crippen MR) is 107 cm³/mol. The third kappa shape index (κ3) is 3.65. The number of rotatable bonds is 5. The standard InChI is InChI=1S/C20H20N4O4S/c25-29(26,14-8-9-17-18(12-14)28-11-3-10-27-17)24-16-5-2-1-4-15(16)20-21-19(22-23-20)13-6-7-13/h1-2,4-5,8-9,12-13,24H,3,6-7,10-11H2,(H,21,22,23). The molecule has 1 aliphatic carbocycles. The summed E-state index contributed by atoms with van der Waals surface area (Å²) in [7, 11) is -3.84. The second kappa shape index (κ2) is 7.07. The van der Waals surface area contributed by atoms with Crippen LogP contribution in [0.4, 0.5) is 5.69 Å². The number of aromatic amines is 1. The summed E-state index contributed by atoms with van der Waals surface area (Å²) in [6.45, 7) is 1.03. The monoisotopic (exact) mass is 412 g/mol. The number of para-hydroxylation sites is 1. The molecule has 0 radical (unpaired) electrons. The van der Waals surface area contributed by atoms with E-state index in [2.05, 4.69) is 19.9 Å². The summed E-state index contributed by atoms with van der Waals surface area (Å²) < 4.78 is 39.9. The predicted octanol–water partition coefficient (Wildman–Crippen LogP) is 3.31. The van der Waals surface area contributed by atoms with Gasteiger partial charge in [0, 0.05) is 24.0 Å². The summed E-state index contributed by atoms with van der Waals surface area (Å²) in [6.07, 6.45) is 2.96. The van der Waals surface area contributed by atoms with Gasteiger partial charge in [0.15, 0.2) is 17.3 Å². The van der Waals surface area contributed by atoms with Crippen molar-refractivity contribution in [1.29, 1.82) is 0 Å². The number of aromatic nitrogens is 3. The molecule has 1 aromatic heterocycles. The lowest BCUT2D eigenvalue weighted by Gasteiger charge is -2.13. The Morgan fingerprint density at radius 1 is 1.03 bits per heavy atom. The Bertz CT molecular complexity index is 1150. The quantitative estimate of drug-likeness (QED) is 0.666. The van der Waals surface area contributed by atoms with E-state index in [-0.39, 0.29) is 4.90 Å².